The van der Waals surface area contributed by atoms with Gasteiger partial charge in [0.2, 0.25) is 6.41 Å². The first-order chi connectivity index (χ1) is 14.3. The van der Waals surface area contributed by atoms with Gasteiger partial charge in [0.15, 0.2) is 5.69 Å². The second-order valence-corrected chi connectivity index (χ2v) is 6.98. The first-order valence-corrected chi connectivity index (χ1v) is 9.24. The van der Waals surface area contributed by atoms with E-state index in [-0.39, 0.29) is 23.7 Å². The zero-order valence-electron chi connectivity index (χ0n) is 16.5. The fourth-order valence-corrected chi connectivity index (χ4v) is 3.00. The van der Waals surface area contributed by atoms with E-state index in [2.05, 4.69) is 16.9 Å². The number of benzene rings is 2. The number of hydrogen-bond donors (Lipinski definition) is 2. The fourth-order valence-electron chi connectivity index (χ4n) is 3.00. The monoisotopic (exact) mass is 408 g/mol. The molecule has 0 saturated heterocycles. The number of primary amides is 1. The maximum atomic E-state index is 14.5. The van der Waals surface area contributed by atoms with Crippen molar-refractivity contribution in [3.8, 4) is 17.5 Å². The van der Waals surface area contributed by atoms with Crippen LogP contribution in [0.25, 0.3) is 16.6 Å². The van der Waals surface area contributed by atoms with E-state index >= 15 is 0 Å². The van der Waals surface area contributed by atoms with Gasteiger partial charge < -0.3 is 15.7 Å². The third-order valence-corrected chi connectivity index (χ3v) is 4.65. The Bertz CT molecular complexity index is 1160. The Balaban J connectivity index is 1.96. The first kappa shape index (κ1) is 21.0. The van der Waals surface area contributed by atoms with Gasteiger partial charge in [-0.25, -0.2) is 9.07 Å². The Labute approximate surface area is 172 Å². The number of likely N-dealkylation sites (N-methyl/N-ethyl adjacent to an activating group) is 1. The van der Waals surface area contributed by atoms with Crippen LogP contribution in [0.1, 0.15) is 23.0 Å². The van der Waals surface area contributed by atoms with Crippen LogP contribution in [0.15, 0.2) is 42.5 Å². The summed E-state index contributed by atoms with van der Waals surface area (Å²) < 4.78 is 15.8. The lowest BCUT2D eigenvalue weighted by atomic mass is 10.0. The highest BCUT2D eigenvalue weighted by Gasteiger charge is 2.19. The van der Waals surface area contributed by atoms with Gasteiger partial charge in [0.1, 0.15) is 11.3 Å². The standard InChI is InChI=1S/C22H21FN4O3/c1-14(19(29)12-26(2)13-28)9-10-15-5-3-6-16(11-15)27-21-17(7-4-8-18(21)23)20(25-27)22(24)30/h3-8,11,13-14,19,29H,12H2,1-2H3,(H2,24,30). The smallest absolute Gasteiger partial charge is 0.269 e. The van der Waals surface area contributed by atoms with Crippen LogP contribution in [-0.4, -0.2) is 51.8 Å². The van der Waals surface area contributed by atoms with Gasteiger partial charge in [-0.05, 0) is 31.2 Å². The summed E-state index contributed by atoms with van der Waals surface area (Å²) in [5.74, 6) is 4.28. The second kappa shape index (κ2) is 8.76. The third kappa shape index (κ3) is 4.31. The van der Waals surface area contributed by atoms with Crippen LogP contribution in [0.5, 0.6) is 0 Å². The second-order valence-electron chi connectivity index (χ2n) is 6.98. The normalized spacial score (nSPS) is 12.7. The molecule has 2 amide bonds. The number of carbonyl (C=O) groups is 2. The number of rotatable bonds is 6. The number of amides is 2. The molecule has 154 valence electrons. The van der Waals surface area contributed by atoms with Gasteiger partial charge >= 0.3 is 0 Å². The topological polar surface area (TPSA) is 101 Å². The highest BCUT2D eigenvalue weighted by atomic mass is 19.1. The molecule has 0 aliphatic heterocycles. The van der Waals surface area contributed by atoms with Gasteiger partial charge in [0.05, 0.1) is 11.8 Å². The molecule has 8 heteroatoms. The number of aliphatic hydroxyl groups excluding tert-OH is 1. The molecule has 2 unspecified atom stereocenters. The summed E-state index contributed by atoms with van der Waals surface area (Å²) in [5.41, 5.74) is 6.66. The Morgan fingerprint density at radius 1 is 1.37 bits per heavy atom. The quantitative estimate of drug-likeness (QED) is 0.479. The number of halogens is 1. The maximum Gasteiger partial charge on any atom is 0.269 e. The van der Waals surface area contributed by atoms with Crippen LogP contribution in [0, 0.1) is 23.6 Å². The molecule has 3 rings (SSSR count). The number of aromatic nitrogens is 2. The molecule has 1 aromatic heterocycles. The molecule has 2 atom stereocenters. The third-order valence-electron chi connectivity index (χ3n) is 4.65. The van der Waals surface area contributed by atoms with E-state index in [1.165, 1.54) is 21.7 Å². The van der Waals surface area contributed by atoms with Crippen LogP contribution >= 0.6 is 0 Å². The van der Waals surface area contributed by atoms with Crippen LogP contribution in [0.4, 0.5) is 4.39 Å². The van der Waals surface area contributed by atoms with E-state index in [1.807, 2.05) is 0 Å². The van der Waals surface area contributed by atoms with E-state index in [0.717, 1.165) is 0 Å². The van der Waals surface area contributed by atoms with Crippen LogP contribution in [0.2, 0.25) is 0 Å². The number of nitrogens with two attached hydrogens (primary N) is 1. The van der Waals surface area contributed by atoms with Crippen LogP contribution in [0.3, 0.4) is 0 Å². The van der Waals surface area contributed by atoms with Crippen molar-refractivity contribution in [1.29, 1.82) is 0 Å². The molecule has 7 nitrogen and oxygen atoms in total. The molecule has 0 fully saturated rings. The summed E-state index contributed by atoms with van der Waals surface area (Å²) in [6.45, 7) is 1.93. The molecule has 0 saturated carbocycles. The molecule has 3 aromatic rings. The number of para-hydroxylation sites is 1. The molecule has 0 aliphatic carbocycles. The van der Waals surface area contributed by atoms with Crippen molar-refractivity contribution in [2.24, 2.45) is 11.7 Å². The highest BCUT2D eigenvalue weighted by Crippen LogP contribution is 2.25. The zero-order chi connectivity index (χ0) is 21.8. The molecule has 0 aliphatic rings. The average molecular weight is 408 g/mol. The van der Waals surface area contributed by atoms with Crippen molar-refractivity contribution in [3.05, 3.63) is 59.5 Å². The molecule has 1 heterocycles. The molecule has 30 heavy (non-hydrogen) atoms. The van der Waals surface area contributed by atoms with Crippen molar-refractivity contribution in [3.63, 3.8) is 0 Å². The van der Waals surface area contributed by atoms with E-state index in [9.17, 15) is 19.1 Å². The largest absolute Gasteiger partial charge is 0.390 e. The van der Waals surface area contributed by atoms with Crippen molar-refractivity contribution >= 4 is 23.2 Å². The van der Waals surface area contributed by atoms with Gasteiger partial charge in [-0.1, -0.05) is 30.0 Å². The predicted molar refractivity (Wildman–Crippen MR) is 110 cm³/mol. The number of aliphatic hydroxyl groups is 1. The van der Waals surface area contributed by atoms with Gasteiger partial charge in [-0.2, -0.15) is 5.10 Å². The first-order valence-electron chi connectivity index (χ1n) is 9.24. The lowest BCUT2D eigenvalue weighted by molar-refractivity contribution is -0.118. The van der Waals surface area contributed by atoms with E-state index in [0.29, 0.717) is 23.0 Å². The van der Waals surface area contributed by atoms with Crippen molar-refractivity contribution in [2.45, 2.75) is 13.0 Å². The average Bonchev–Trinajstić information content (AvgIpc) is 3.13. The van der Waals surface area contributed by atoms with Gasteiger partial charge in [-0.15, -0.1) is 0 Å². The van der Waals surface area contributed by atoms with E-state index in [4.69, 9.17) is 5.73 Å². The minimum absolute atomic E-state index is 0.0166. The lowest BCUT2D eigenvalue weighted by Crippen LogP contribution is -2.32. The summed E-state index contributed by atoms with van der Waals surface area (Å²) in [7, 11) is 1.58. The molecular weight excluding hydrogens is 387 g/mol. The SMILES string of the molecule is CC(C#Cc1cccc(-n2nc(C(N)=O)c3cccc(F)c32)c1)C(O)CN(C)C=O. The van der Waals surface area contributed by atoms with Crippen LogP contribution in [-0.2, 0) is 4.79 Å². The van der Waals surface area contributed by atoms with Crippen molar-refractivity contribution in [2.75, 3.05) is 13.6 Å². The summed E-state index contributed by atoms with van der Waals surface area (Å²) in [4.78, 5) is 23.8. The molecule has 0 radical (unpaired) electrons. The Morgan fingerprint density at radius 3 is 2.80 bits per heavy atom. The minimum atomic E-state index is -0.793. The maximum absolute atomic E-state index is 14.5. The summed E-state index contributed by atoms with van der Waals surface area (Å²) in [6, 6.07) is 11.3. The molecule has 0 bridgehead atoms. The summed E-state index contributed by atoms with van der Waals surface area (Å²) in [5, 5.41) is 14.7. The summed E-state index contributed by atoms with van der Waals surface area (Å²) >= 11 is 0. The molecular formula is C22H21FN4O3. The van der Waals surface area contributed by atoms with E-state index < -0.39 is 17.8 Å². The minimum Gasteiger partial charge on any atom is -0.390 e. The lowest BCUT2D eigenvalue weighted by Gasteiger charge is -2.18. The number of carbonyl (C=O) groups excluding carboxylic acids is 2. The van der Waals surface area contributed by atoms with Crippen LogP contribution < -0.4 is 5.73 Å². The molecule has 0 spiro atoms. The zero-order valence-corrected chi connectivity index (χ0v) is 16.5. The molecule has 2 aromatic carbocycles. The predicted octanol–water partition coefficient (Wildman–Crippen LogP) is 1.70. The Kier molecular flexibility index (Phi) is 6.14. The Morgan fingerprint density at radius 2 is 2.10 bits per heavy atom. The van der Waals surface area contributed by atoms with Gasteiger partial charge in [0.25, 0.3) is 5.91 Å². The van der Waals surface area contributed by atoms with Gasteiger partial charge in [-0.3, -0.25) is 9.59 Å². The van der Waals surface area contributed by atoms with Crippen molar-refractivity contribution in [1.82, 2.24) is 14.7 Å². The van der Waals surface area contributed by atoms with Gasteiger partial charge in [0, 0.05) is 30.5 Å². The van der Waals surface area contributed by atoms with Crippen molar-refractivity contribution < 1.29 is 19.1 Å². The number of hydrogen-bond acceptors (Lipinski definition) is 4. The molecule has 3 N–H and O–H groups in total. The Hall–Kier alpha value is -3.70. The number of fused-ring (bicyclic) bond motifs is 1. The van der Waals surface area contributed by atoms with E-state index in [1.54, 1.807) is 44.3 Å². The fraction of sp³-hybridized carbons (Fsp3) is 0.227. The highest BCUT2D eigenvalue weighted by molar-refractivity contribution is 6.04. The number of nitrogens with zero attached hydrogens (tertiary/aromatic N) is 3. The summed E-state index contributed by atoms with van der Waals surface area (Å²) in [6.07, 6.45) is -0.154.